The number of aromatic nitrogens is 3. The summed E-state index contributed by atoms with van der Waals surface area (Å²) in [4.78, 5) is 76.9. The van der Waals surface area contributed by atoms with Gasteiger partial charge < -0.3 is 29.0 Å². The number of esters is 1. The van der Waals surface area contributed by atoms with Gasteiger partial charge >= 0.3 is 11.7 Å². The number of carbonyl (C=O) groups is 3. The van der Waals surface area contributed by atoms with E-state index in [1.54, 1.807) is 45.0 Å². The Kier molecular flexibility index (Phi) is 8.06. The number of benzene rings is 2. The van der Waals surface area contributed by atoms with Crippen LogP contribution in [0.15, 0.2) is 51.2 Å². The summed E-state index contributed by atoms with van der Waals surface area (Å²) >= 11 is 7.65. The summed E-state index contributed by atoms with van der Waals surface area (Å²) in [6.45, 7) is 5.30. The summed E-state index contributed by atoms with van der Waals surface area (Å²) < 4.78 is 28.2. The molecule has 0 fully saturated rings. The largest absolute Gasteiger partial charge is 0.496 e. The molecule has 14 nitrogen and oxygen atoms in total. The molecule has 0 saturated carbocycles. The SMILES string of the molecule is CCOC(=O)c1sc(Oc2ccc(C3C4=C(CC(C)C5(Oc6c(Cl)c(OC)cc(OC)c6C5=O)C4=O)Nc4[nH]c(=O)[nH]c(=O)c43)cc2)nc1C. The number of nitrogens with one attached hydrogen (secondary N) is 3. The molecule has 4 heterocycles. The second-order valence-electron chi connectivity index (χ2n) is 11.8. The molecular weight excluding hydrogens is 692 g/mol. The lowest BCUT2D eigenvalue weighted by molar-refractivity contribution is -0.130. The summed E-state index contributed by atoms with van der Waals surface area (Å²) in [5, 5.41) is 3.30. The first-order valence-electron chi connectivity index (χ1n) is 15.4. The maximum atomic E-state index is 14.9. The molecule has 1 aliphatic carbocycles. The zero-order chi connectivity index (χ0) is 35.6. The number of rotatable bonds is 7. The number of methoxy groups -OCH3 is 2. The quantitative estimate of drug-likeness (QED) is 0.173. The summed E-state index contributed by atoms with van der Waals surface area (Å²) in [5.74, 6) is -2.81. The number of Topliss-reactive ketones (excluding diaryl/α,β-unsaturated/α-hetero) is 2. The molecule has 2 aromatic carbocycles. The van der Waals surface area contributed by atoms with Crippen molar-refractivity contribution in [3.63, 3.8) is 0 Å². The summed E-state index contributed by atoms with van der Waals surface area (Å²) in [6, 6.07) is 8.01. The topological polar surface area (TPSA) is 188 Å². The van der Waals surface area contributed by atoms with Crippen molar-refractivity contribution in [1.29, 1.82) is 0 Å². The van der Waals surface area contributed by atoms with Crippen LogP contribution in [0.1, 0.15) is 63.0 Å². The number of allylic oxidation sites excluding steroid dienone is 1. The first kappa shape index (κ1) is 33.1. The molecule has 0 bridgehead atoms. The molecule has 1 spiro atoms. The van der Waals surface area contributed by atoms with Crippen LogP contribution >= 0.6 is 22.9 Å². The Balaban J connectivity index is 1.31. The molecule has 3 atom stereocenters. The van der Waals surface area contributed by atoms with Gasteiger partial charge in [-0.25, -0.2) is 14.6 Å². The first-order chi connectivity index (χ1) is 23.9. The van der Waals surface area contributed by atoms with Crippen LogP contribution in [-0.4, -0.2) is 58.9 Å². The average molecular weight is 721 g/mol. The zero-order valence-electron chi connectivity index (χ0n) is 27.3. The second kappa shape index (κ2) is 12.2. The maximum Gasteiger partial charge on any atom is 0.350 e. The normalized spacial score (nSPS) is 20.4. The summed E-state index contributed by atoms with van der Waals surface area (Å²) in [6.07, 6.45) is 0.135. The van der Waals surface area contributed by atoms with Crippen LogP contribution in [0.2, 0.25) is 5.02 Å². The van der Waals surface area contributed by atoms with Gasteiger partial charge in [-0.2, -0.15) is 0 Å². The Bertz CT molecular complexity index is 2270. The minimum absolute atomic E-state index is 0.00590. The number of carbonyl (C=O) groups excluding carboxylic acids is 3. The molecule has 2 aromatic heterocycles. The lowest BCUT2D eigenvalue weighted by Gasteiger charge is -2.42. The van der Waals surface area contributed by atoms with Gasteiger partial charge in [0.15, 0.2) is 5.75 Å². The van der Waals surface area contributed by atoms with Gasteiger partial charge in [0.2, 0.25) is 17.2 Å². The Morgan fingerprint density at radius 2 is 1.80 bits per heavy atom. The molecule has 258 valence electrons. The van der Waals surface area contributed by atoms with Gasteiger partial charge in [0, 0.05) is 29.2 Å². The minimum Gasteiger partial charge on any atom is -0.496 e. The highest BCUT2D eigenvalue weighted by atomic mass is 35.5. The van der Waals surface area contributed by atoms with Crippen LogP contribution in [0, 0.1) is 12.8 Å². The van der Waals surface area contributed by atoms with Crippen molar-refractivity contribution < 1.29 is 38.1 Å². The van der Waals surface area contributed by atoms with E-state index in [4.69, 9.17) is 35.3 Å². The van der Waals surface area contributed by atoms with Crippen molar-refractivity contribution in [3.05, 3.63) is 94.7 Å². The average Bonchev–Trinajstić information content (AvgIpc) is 3.61. The van der Waals surface area contributed by atoms with Crippen molar-refractivity contribution in [2.75, 3.05) is 26.1 Å². The molecule has 0 saturated heterocycles. The molecule has 3 unspecified atom stereocenters. The smallest absolute Gasteiger partial charge is 0.350 e. The third-order valence-corrected chi connectivity index (χ3v) is 10.4. The predicted octanol–water partition coefficient (Wildman–Crippen LogP) is 4.90. The van der Waals surface area contributed by atoms with Crippen LogP contribution in [0.5, 0.6) is 28.2 Å². The fourth-order valence-corrected chi connectivity index (χ4v) is 7.84. The van der Waals surface area contributed by atoms with Gasteiger partial charge in [0.05, 0.1) is 32.1 Å². The van der Waals surface area contributed by atoms with Crippen LogP contribution < -0.4 is 35.5 Å². The third kappa shape index (κ3) is 4.90. The van der Waals surface area contributed by atoms with E-state index in [-0.39, 0.29) is 63.0 Å². The predicted molar refractivity (Wildman–Crippen MR) is 181 cm³/mol. The number of aryl methyl sites for hydroxylation is 1. The molecule has 3 aliphatic rings. The van der Waals surface area contributed by atoms with Gasteiger partial charge in [-0.05, 0) is 38.0 Å². The van der Waals surface area contributed by atoms with E-state index < -0.39 is 46.2 Å². The number of hydrogen-bond donors (Lipinski definition) is 3. The number of halogens is 1. The minimum atomic E-state index is -2.04. The number of H-pyrrole nitrogens is 2. The van der Waals surface area contributed by atoms with E-state index in [9.17, 15) is 24.0 Å². The molecule has 7 rings (SSSR count). The fraction of sp³-hybridized carbons (Fsp3) is 0.294. The maximum absolute atomic E-state index is 14.9. The van der Waals surface area contributed by atoms with Gasteiger partial charge in [0.1, 0.15) is 38.5 Å². The second-order valence-corrected chi connectivity index (χ2v) is 13.2. The number of aromatic amines is 2. The Morgan fingerprint density at radius 3 is 2.48 bits per heavy atom. The van der Waals surface area contributed by atoms with Crippen molar-refractivity contribution in [2.45, 2.75) is 38.7 Å². The molecule has 4 aromatic rings. The van der Waals surface area contributed by atoms with Crippen LogP contribution in [-0.2, 0) is 9.53 Å². The molecule has 16 heteroatoms. The van der Waals surface area contributed by atoms with E-state index in [0.29, 0.717) is 27.6 Å². The lowest BCUT2D eigenvalue weighted by atomic mass is 9.66. The standard InChI is InChI=1S/C34H29ClN4O10S/c1-6-47-31(43)26-14(3)36-33(50-26)48-16-9-7-15(8-10-16)20-21-17(37-29-23(20)30(42)39-32(44)38-29)11-13(2)34(27(21)40)28(41)22-18(45-4)12-19(46-5)24(35)25(22)49-34/h7-10,12-13,20H,6,11H2,1-5H3,(H3,37,38,39,42,44). The van der Waals surface area contributed by atoms with E-state index in [1.807, 2.05) is 0 Å². The number of thiazole rings is 1. The highest BCUT2D eigenvalue weighted by molar-refractivity contribution is 7.15. The highest BCUT2D eigenvalue weighted by Crippen LogP contribution is 2.56. The molecular formula is C34H29ClN4O10S. The number of fused-ring (bicyclic) bond motifs is 2. The molecule has 50 heavy (non-hydrogen) atoms. The van der Waals surface area contributed by atoms with Crippen molar-refractivity contribution in [2.24, 2.45) is 5.92 Å². The lowest BCUT2D eigenvalue weighted by Crippen LogP contribution is -2.58. The van der Waals surface area contributed by atoms with E-state index in [2.05, 4.69) is 20.3 Å². The van der Waals surface area contributed by atoms with Gasteiger partial charge in [-0.3, -0.25) is 24.4 Å². The van der Waals surface area contributed by atoms with E-state index in [0.717, 1.165) is 11.3 Å². The fourth-order valence-electron chi connectivity index (χ4n) is 6.75. The third-order valence-electron chi connectivity index (χ3n) is 9.02. The van der Waals surface area contributed by atoms with Gasteiger partial charge in [-0.1, -0.05) is 42.0 Å². The van der Waals surface area contributed by atoms with Crippen molar-refractivity contribution in [1.82, 2.24) is 15.0 Å². The molecule has 0 radical (unpaired) electrons. The Morgan fingerprint density at radius 1 is 1.08 bits per heavy atom. The van der Waals surface area contributed by atoms with Crippen LogP contribution in [0.4, 0.5) is 5.82 Å². The highest BCUT2D eigenvalue weighted by Gasteiger charge is 2.63. The summed E-state index contributed by atoms with van der Waals surface area (Å²) in [7, 11) is 2.78. The number of hydrogen-bond acceptors (Lipinski definition) is 13. The van der Waals surface area contributed by atoms with Crippen LogP contribution in [0.3, 0.4) is 0 Å². The van der Waals surface area contributed by atoms with Gasteiger partial charge in [0.25, 0.3) is 10.8 Å². The monoisotopic (exact) mass is 720 g/mol. The van der Waals surface area contributed by atoms with Gasteiger partial charge in [-0.15, -0.1) is 0 Å². The van der Waals surface area contributed by atoms with E-state index in [1.165, 1.54) is 20.3 Å². The van der Waals surface area contributed by atoms with Crippen molar-refractivity contribution in [3.8, 4) is 28.2 Å². The number of ketones is 2. The molecule has 0 amide bonds. The summed E-state index contributed by atoms with van der Waals surface area (Å²) in [5.41, 5.74) is -1.97. The number of anilines is 1. The Labute approximate surface area is 292 Å². The first-order valence-corrected chi connectivity index (χ1v) is 16.6. The number of ether oxygens (including phenoxy) is 5. The molecule has 3 N–H and O–H groups in total. The van der Waals surface area contributed by atoms with E-state index >= 15 is 0 Å². The molecule has 2 aliphatic heterocycles. The van der Waals surface area contributed by atoms with Crippen molar-refractivity contribution >= 4 is 46.3 Å². The number of nitrogens with zero attached hydrogens (tertiary/aromatic N) is 1. The zero-order valence-corrected chi connectivity index (χ0v) is 28.8. The Hall–Kier alpha value is -5.41. The van der Waals surface area contributed by atoms with Crippen LogP contribution in [0.25, 0.3) is 0 Å².